The third-order valence-corrected chi connectivity index (χ3v) is 5.39. The summed E-state index contributed by atoms with van der Waals surface area (Å²) < 4.78 is 59.4. The molecule has 1 heterocycles. The second kappa shape index (κ2) is 6.95. The zero-order chi connectivity index (χ0) is 16.3. The Bertz CT molecular complexity index is 464. The van der Waals surface area contributed by atoms with Gasteiger partial charge in [-0.2, -0.15) is 13.2 Å². The molecule has 0 radical (unpaired) electrons. The van der Waals surface area contributed by atoms with Gasteiger partial charge in [0.05, 0.1) is 18.1 Å². The van der Waals surface area contributed by atoms with Gasteiger partial charge in [0.2, 0.25) is 0 Å². The normalized spacial score (nSPS) is 23.4. The summed E-state index contributed by atoms with van der Waals surface area (Å²) in [7, 11) is -3.17. The fraction of sp³-hybridized carbons (Fsp3) is 0.917. The highest BCUT2D eigenvalue weighted by Crippen LogP contribution is 2.25. The van der Waals surface area contributed by atoms with Crippen molar-refractivity contribution in [3.8, 4) is 0 Å². The topological polar surface area (TPSA) is 74.7 Å². The second-order valence-corrected chi connectivity index (χ2v) is 7.71. The first kappa shape index (κ1) is 18.2. The summed E-state index contributed by atoms with van der Waals surface area (Å²) in [4.78, 5) is 12.4. The van der Waals surface area contributed by atoms with Crippen LogP contribution >= 0.6 is 0 Å². The van der Waals surface area contributed by atoms with E-state index in [2.05, 4.69) is 0 Å². The Kier molecular flexibility index (Phi) is 6.03. The minimum Gasteiger partial charge on any atom is -0.480 e. The Labute approximate surface area is 122 Å². The number of alkyl halides is 3. The van der Waals surface area contributed by atoms with Crippen molar-refractivity contribution >= 4 is 15.8 Å². The van der Waals surface area contributed by atoms with Crippen molar-refractivity contribution in [1.82, 2.24) is 4.90 Å². The van der Waals surface area contributed by atoms with Crippen LogP contribution in [0.4, 0.5) is 13.2 Å². The molecule has 1 fully saturated rings. The number of rotatable bonds is 7. The van der Waals surface area contributed by atoms with Crippen LogP contribution in [-0.2, 0) is 14.6 Å². The SMILES string of the molecule is CC(CCCC(F)(F)F)N(CC(=O)O)C1CCS(=O)(=O)C1. The number of hydrogen-bond acceptors (Lipinski definition) is 4. The lowest BCUT2D eigenvalue weighted by Gasteiger charge is -2.32. The molecule has 0 spiro atoms. The summed E-state index contributed by atoms with van der Waals surface area (Å²) in [5.74, 6) is -1.23. The number of hydrogen-bond donors (Lipinski definition) is 1. The monoisotopic (exact) mass is 331 g/mol. The maximum atomic E-state index is 12.1. The lowest BCUT2D eigenvalue weighted by Crippen LogP contribution is -2.45. The van der Waals surface area contributed by atoms with Gasteiger partial charge in [-0.25, -0.2) is 8.42 Å². The highest BCUT2D eigenvalue weighted by Gasteiger charge is 2.35. The van der Waals surface area contributed by atoms with Gasteiger partial charge < -0.3 is 5.11 Å². The maximum Gasteiger partial charge on any atom is 0.389 e. The summed E-state index contributed by atoms with van der Waals surface area (Å²) in [5, 5.41) is 8.91. The first-order chi connectivity index (χ1) is 9.50. The van der Waals surface area contributed by atoms with E-state index in [9.17, 15) is 26.4 Å². The molecule has 1 aliphatic heterocycles. The zero-order valence-corrected chi connectivity index (χ0v) is 12.6. The molecule has 1 saturated heterocycles. The van der Waals surface area contributed by atoms with E-state index in [0.717, 1.165) is 0 Å². The van der Waals surface area contributed by atoms with Gasteiger partial charge in [0.1, 0.15) is 0 Å². The van der Waals surface area contributed by atoms with Gasteiger partial charge in [-0.05, 0) is 26.2 Å². The van der Waals surface area contributed by atoms with Crippen molar-refractivity contribution in [1.29, 1.82) is 0 Å². The van der Waals surface area contributed by atoms with Crippen LogP contribution < -0.4 is 0 Å². The molecule has 2 unspecified atom stereocenters. The average Bonchev–Trinajstić information content (AvgIpc) is 2.64. The quantitative estimate of drug-likeness (QED) is 0.768. The smallest absolute Gasteiger partial charge is 0.389 e. The van der Waals surface area contributed by atoms with E-state index in [1.165, 1.54) is 4.90 Å². The van der Waals surface area contributed by atoms with Crippen LogP contribution in [0, 0.1) is 0 Å². The zero-order valence-electron chi connectivity index (χ0n) is 11.8. The largest absolute Gasteiger partial charge is 0.480 e. The van der Waals surface area contributed by atoms with E-state index in [1.807, 2.05) is 0 Å². The Morgan fingerprint density at radius 2 is 2.05 bits per heavy atom. The van der Waals surface area contributed by atoms with Gasteiger partial charge >= 0.3 is 12.1 Å². The van der Waals surface area contributed by atoms with E-state index in [-0.39, 0.29) is 30.9 Å². The predicted molar refractivity (Wildman–Crippen MR) is 70.8 cm³/mol. The number of carbonyl (C=O) groups is 1. The van der Waals surface area contributed by atoms with Crippen molar-refractivity contribution in [2.45, 2.75) is 50.9 Å². The van der Waals surface area contributed by atoms with E-state index in [4.69, 9.17) is 5.11 Å². The van der Waals surface area contributed by atoms with Gasteiger partial charge in [0, 0.05) is 18.5 Å². The fourth-order valence-electron chi connectivity index (χ4n) is 2.60. The minimum absolute atomic E-state index is 0.00303. The van der Waals surface area contributed by atoms with Crippen molar-refractivity contribution < 1.29 is 31.5 Å². The van der Waals surface area contributed by atoms with Gasteiger partial charge in [0.15, 0.2) is 9.84 Å². The molecule has 1 N–H and O–H groups in total. The summed E-state index contributed by atoms with van der Waals surface area (Å²) in [5.41, 5.74) is 0. The van der Waals surface area contributed by atoms with Crippen molar-refractivity contribution in [2.75, 3.05) is 18.1 Å². The van der Waals surface area contributed by atoms with E-state index in [0.29, 0.717) is 6.42 Å². The highest BCUT2D eigenvalue weighted by molar-refractivity contribution is 7.91. The van der Waals surface area contributed by atoms with Crippen molar-refractivity contribution in [2.24, 2.45) is 0 Å². The second-order valence-electron chi connectivity index (χ2n) is 5.48. The Balaban J connectivity index is 2.62. The third-order valence-electron chi connectivity index (χ3n) is 3.64. The van der Waals surface area contributed by atoms with Crippen LogP contribution in [-0.4, -0.2) is 60.7 Å². The Morgan fingerprint density at radius 3 is 2.48 bits per heavy atom. The molecular weight excluding hydrogens is 311 g/mol. The molecule has 0 aliphatic carbocycles. The first-order valence-corrected chi connectivity index (χ1v) is 8.57. The number of aliphatic carboxylic acids is 1. The molecule has 0 amide bonds. The molecule has 2 atom stereocenters. The molecule has 1 rings (SSSR count). The van der Waals surface area contributed by atoms with Crippen LogP contribution in [0.2, 0.25) is 0 Å². The van der Waals surface area contributed by atoms with Gasteiger partial charge in [-0.1, -0.05) is 0 Å². The molecule has 9 heteroatoms. The third kappa shape index (κ3) is 6.64. The van der Waals surface area contributed by atoms with E-state index in [1.54, 1.807) is 6.92 Å². The van der Waals surface area contributed by atoms with Crippen LogP contribution in [0.5, 0.6) is 0 Å². The summed E-state index contributed by atoms with van der Waals surface area (Å²) in [6.07, 6.45) is -4.72. The minimum atomic E-state index is -4.23. The average molecular weight is 331 g/mol. The summed E-state index contributed by atoms with van der Waals surface area (Å²) >= 11 is 0. The van der Waals surface area contributed by atoms with Crippen LogP contribution in [0.15, 0.2) is 0 Å². The fourth-order valence-corrected chi connectivity index (χ4v) is 4.34. The van der Waals surface area contributed by atoms with Crippen LogP contribution in [0.1, 0.15) is 32.6 Å². The van der Waals surface area contributed by atoms with E-state index < -0.39 is 40.5 Å². The Morgan fingerprint density at radius 1 is 1.43 bits per heavy atom. The summed E-state index contributed by atoms with van der Waals surface area (Å²) in [6, 6.07) is -0.825. The van der Waals surface area contributed by atoms with Gasteiger partial charge in [0.25, 0.3) is 0 Å². The standard InChI is InChI=1S/C12H20F3NO4S/c1-9(3-2-5-12(13,14)15)16(7-11(17)18)10-4-6-21(19,20)8-10/h9-10H,2-8H2,1H3,(H,17,18). The molecule has 21 heavy (non-hydrogen) atoms. The van der Waals surface area contributed by atoms with Crippen LogP contribution in [0.25, 0.3) is 0 Å². The molecule has 0 aromatic heterocycles. The molecule has 0 saturated carbocycles. The van der Waals surface area contributed by atoms with Gasteiger partial charge in [-0.15, -0.1) is 0 Å². The first-order valence-electron chi connectivity index (χ1n) is 6.75. The molecule has 124 valence electrons. The van der Waals surface area contributed by atoms with E-state index >= 15 is 0 Å². The number of halogens is 3. The number of carboxylic acids is 1. The van der Waals surface area contributed by atoms with Crippen molar-refractivity contribution in [3.05, 3.63) is 0 Å². The molecule has 0 aromatic carbocycles. The lowest BCUT2D eigenvalue weighted by molar-refractivity contribution is -0.141. The number of sulfone groups is 1. The molecule has 1 aliphatic rings. The predicted octanol–water partition coefficient (Wildman–Crippen LogP) is 1.68. The number of carboxylic acid groups (broad SMARTS) is 1. The maximum absolute atomic E-state index is 12.1. The number of nitrogens with zero attached hydrogens (tertiary/aromatic N) is 1. The van der Waals surface area contributed by atoms with Crippen molar-refractivity contribution in [3.63, 3.8) is 0 Å². The van der Waals surface area contributed by atoms with Gasteiger partial charge in [-0.3, -0.25) is 9.69 Å². The highest BCUT2D eigenvalue weighted by atomic mass is 32.2. The lowest BCUT2D eigenvalue weighted by atomic mass is 10.1. The molecular formula is C12H20F3NO4S. The molecule has 5 nitrogen and oxygen atoms in total. The molecule has 0 aromatic rings. The van der Waals surface area contributed by atoms with Crippen LogP contribution in [0.3, 0.4) is 0 Å². The Hall–Kier alpha value is -0.830. The molecule has 0 bridgehead atoms. The summed E-state index contributed by atoms with van der Waals surface area (Å²) in [6.45, 7) is 1.29.